The summed E-state index contributed by atoms with van der Waals surface area (Å²) in [6, 6.07) is -3.05. The summed E-state index contributed by atoms with van der Waals surface area (Å²) < 4.78 is 5.44. The van der Waals surface area contributed by atoms with E-state index in [1.54, 1.807) is 20.8 Å². The summed E-state index contributed by atoms with van der Waals surface area (Å²) in [5, 5.41) is 5.46. The number of alkyl halides is 2. The number of carbonyl (C=O) groups excluding carboxylic acids is 5. The maximum Gasteiger partial charge on any atom is 0.408 e. The molecule has 1 aliphatic heterocycles. The van der Waals surface area contributed by atoms with Crippen LogP contribution in [0, 0.1) is 17.8 Å². The van der Waals surface area contributed by atoms with Crippen LogP contribution in [0.15, 0.2) is 0 Å². The van der Waals surface area contributed by atoms with Crippen LogP contribution in [0.1, 0.15) is 85.0 Å². The molecule has 4 amide bonds. The third-order valence-corrected chi connectivity index (χ3v) is 8.70. The van der Waals surface area contributed by atoms with Crippen LogP contribution in [0.3, 0.4) is 0 Å². The average Bonchev–Trinajstić information content (AvgIpc) is 3.28. The van der Waals surface area contributed by atoms with E-state index in [0.717, 1.165) is 51.4 Å². The Morgan fingerprint density at radius 3 is 2.10 bits per heavy atom. The van der Waals surface area contributed by atoms with Gasteiger partial charge in [0.15, 0.2) is 0 Å². The first-order valence-electron chi connectivity index (χ1n) is 14.0. The van der Waals surface area contributed by atoms with Crippen LogP contribution < -0.4 is 16.4 Å². The first-order valence-corrected chi connectivity index (χ1v) is 14.9. The second-order valence-electron chi connectivity index (χ2n) is 12.1. The van der Waals surface area contributed by atoms with Gasteiger partial charge < -0.3 is 26.0 Å². The number of nitrogens with one attached hydrogen (secondary N) is 2. The topological polar surface area (TPSA) is 148 Å². The van der Waals surface area contributed by atoms with Crippen LogP contribution in [0.4, 0.5) is 4.79 Å². The summed E-state index contributed by atoms with van der Waals surface area (Å²) >= 11 is 12.5. The lowest BCUT2D eigenvalue weighted by molar-refractivity contribution is -0.144. The molecule has 220 valence electrons. The van der Waals surface area contributed by atoms with Gasteiger partial charge in [-0.3, -0.25) is 19.2 Å². The Bertz CT molecular complexity index is 930. The molecule has 4 N–H and O–H groups in total. The molecule has 1 unspecified atom stereocenters. The van der Waals surface area contributed by atoms with Crippen LogP contribution in [-0.4, -0.2) is 69.6 Å². The van der Waals surface area contributed by atoms with E-state index in [-0.39, 0.29) is 18.4 Å². The number of hydrogen-bond donors (Lipinski definition) is 3. The van der Waals surface area contributed by atoms with Gasteiger partial charge in [-0.05, 0) is 58.3 Å². The van der Waals surface area contributed by atoms with Crippen molar-refractivity contribution in [2.24, 2.45) is 23.5 Å². The number of ether oxygens (including phenoxy) is 1. The smallest absolute Gasteiger partial charge is 0.408 e. The molecule has 4 atom stereocenters. The molecule has 0 spiro atoms. The molecule has 1 heterocycles. The van der Waals surface area contributed by atoms with Crippen molar-refractivity contribution < 1.29 is 28.7 Å². The molecule has 39 heavy (non-hydrogen) atoms. The van der Waals surface area contributed by atoms with Crippen molar-refractivity contribution in [2.45, 2.75) is 114 Å². The van der Waals surface area contributed by atoms with Crippen LogP contribution in [0.5, 0.6) is 0 Å². The maximum absolute atomic E-state index is 14.0. The molecule has 0 aromatic carbocycles. The Kier molecular flexibility index (Phi) is 10.9. The van der Waals surface area contributed by atoms with Gasteiger partial charge in [0.05, 0.1) is 6.04 Å². The highest BCUT2D eigenvalue weighted by atomic mass is 35.5. The number of alkyl carbamates (subject to hydrolysis) is 1. The van der Waals surface area contributed by atoms with Gasteiger partial charge in [0, 0.05) is 12.5 Å². The number of carbonyl (C=O) groups is 5. The van der Waals surface area contributed by atoms with E-state index in [0.29, 0.717) is 12.8 Å². The molecule has 0 bridgehead atoms. The van der Waals surface area contributed by atoms with E-state index in [1.165, 1.54) is 4.90 Å². The highest BCUT2D eigenvalue weighted by Crippen LogP contribution is 2.36. The molecule has 3 aliphatic rings. The van der Waals surface area contributed by atoms with Crippen LogP contribution in [-0.2, 0) is 23.9 Å². The lowest BCUT2D eigenvalue weighted by Crippen LogP contribution is -2.59. The predicted octanol–water partition coefficient (Wildman–Crippen LogP) is 3.21. The normalized spacial score (nSPS) is 24.0. The molecule has 2 aliphatic carbocycles. The first kappa shape index (κ1) is 31.5. The first-order chi connectivity index (χ1) is 18.3. The highest BCUT2D eigenvalue weighted by Gasteiger charge is 2.48. The van der Waals surface area contributed by atoms with Gasteiger partial charge >= 0.3 is 6.09 Å². The summed E-state index contributed by atoms with van der Waals surface area (Å²) in [6.07, 6.45) is 7.21. The Hall–Kier alpha value is -2.07. The fourth-order valence-corrected chi connectivity index (χ4v) is 6.37. The van der Waals surface area contributed by atoms with E-state index in [4.69, 9.17) is 33.7 Å². The summed E-state index contributed by atoms with van der Waals surface area (Å²) in [6.45, 7) is 5.42. The van der Waals surface area contributed by atoms with E-state index in [9.17, 15) is 24.0 Å². The lowest BCUT2D eigenvalue weighted by atomic mass is 9.80. The van der Waals surface area contributed by atoms with Crippen molar-refractivity contribution in [1.29, 1.82) is 0 Å². The number of Topliss-reactive ketones (excluding diaryl/α,β-unsaturated/α-hetero) is 1. The van der Waals surface area contributed by atoms with Crippen molar-refractivity contribution in [3.63, 3.8) is 0 Å². The Balaban J connectivity index is 1.85. The molecule has 3 fully saturated rings. The largest absolute Gasteiger partial charge is 0.444 e. The number of likely N-dealkylation sites (tertiary alicyclic amines) is 1. The minimum Gasteiger partial charge on any atom is -0.444 e. The number of primary amides is 1. The minimum atomic E-state index is -1.12. The Morgan fingerprint density at radius 2 is 1.59 bits per heavy atom. The van der Waals surface area contributed by atoms with Crippen molar-refractivity contribution in [2.75, 3.05) is 6.54 Å². The van der Waals surface area contributed by atoms with Gasteiger partial charge in [-0.1, -0.05) is 38.5 Å². The standard InChI is InChI=1S/C27H42Cl2N4O6/c1-27(2,3)39-26(38)32-19(16-10-5-4-6-11-16)25(37)33-13-12-17(22(28)29)20(33)24(36)31-18(21(34)23(30)35)14-15-8-7-9-15/h15-20,22H,4-14H2,1-3H3,(H2,30,35)(H,31,36)(H,32,38)/t17-,18?,19-,20-/m0/s1. The zero-order valence-electron chi connectivity index (χ0n) is 23.0. The third kappa shape index (κ3) is 8.46. The number of ketones is 1. The number of rotatable bonds is 10. The zero-order chi connectivity index (χ0) is 28.9. The number of amides is 4. The molecular weight excluding hydrogens is 547 g/mol. The van der Waals surface area contributed by atoms with E-state index >= 15 is 0 Å². The quantitative estimate of drug-likeness (QED) is 0.263. The average molecular weight is 590 g/mol. The fraction of sp³-hybridized carbons (Fsp3) is 0.815. The van der Waals surface area contributed by atoms with E-state index < -0.39 is 64.1 Å². The van der Waals surface area contributed by atoms with Gasteiger partial charge in [0.2, 0.25) is 17.6 Å². The summed E-state index contributed by atoms with van der Waals surface area (Å²) in [5.41, 5.74) is 4.51. The summed E-state index contributed by atoms with van der Waals surface area (Å²) in [7, 11) is 0. The van der Waals surface area contributed by atoms with Crippen LogP contribution >= 0.6 is 23.2 Å². The van der Waals surface area contributed by atoms with Crippen molar-refractivity contribution in [3.8, 4) is 0 Å². The van der Waals surface area contributed by atoms with Gasteiger partial charge in [0.1, 0.15) is 22.5 Å². The van der Waals surface area contributed by atoms with Crippen LogP contribution in [0.2, 0.25) is 0 Å². The Labute approximate surface area is 240 Å². The van der Waals surface area contributed by atoms with E-state index in [2.05, 4.69) is 10.6 Å². The molecule has 3 rings (SSSR count). The van der Waals surface area contributed by atoms with Gasteiger partial charge in [-0.2, -0.15) is 0 Å². The lowest BCUT2D eigenvalue weighted by Gasteiger charge is -2.36. The monoisotopic (exact) mass is 588 g/mol. The maximum atomic E-state index is 14.0. The number of nitrogens with two attached hydrogens (primary N) is 1. The molecule has 2 saturated carbocycles. The third-order valence-electron chi connectivity index (χ3n) is 8.05. The second kappa shape index (κ2) is 13.5. The molecular formula is C27H42Cl2N4O6. The van der Waals surface area contributed by atoms with Crippen molar-refractivity contribution in [1.82, 2.24) is 15.5 Å². The van der Waals surface area contributed by atoms with Crippen LogP contribution in [0.25, 0.3) is 0 Å². The molecule has 1 saturated heterocycles. The van der Waals surface area contributed by atoms with Gasteiger partial charge in [0.25, 0.3) is 5.91 Å². The SMILES string of the molecule is CC(C)(C)OC(=O)N[C@H](C(=O)N1CC[C@H](C(Cl)Cl)[C@H]1C(=O)NC(CC1CCC1)C(=O)C(N)=O)C1CCCCC1. The molecule has 0 radical (unpaired) electrons. The summed E-state index contributed by atoms with van der Waals surface area (Å²) in [4.78, 5) is 65.2. The molecule has 0 aromatic rings. The predicted molar refractivity (Wildman–Crippen MR) is 147 cm³/mol. The fourth-order valence-electron chi connectivity index (χ4n) is 5.85. The second-order valence-corrected chi connectivity index (χ2v) is 13.3. The Morgan fingerprint density at radius 1 is 0.949 bits per heavy atom. The molecule has 12 heteroatoms. The molecule has 10 nitrogen and oxygen atoms in total. The summed E-state index contributed by atoms with van der Waals surface area (Å²) in [5.74, 6) is -3.54. The van der Waals surface area contributed by atoms with E-state index in [1.807, 2.05) is 0 Å². The molecule has 0 aromatic heterocycles. The van der Waals surface area contributed by atoms with Crippen molar-refractivity contribution in [3.05, 3.63) is 0 Å². The van der Waals surface area contributed by atoms with Crippen molar-refractivity contribution >= 4 is 52.8 Å². The minimum absolute atomic E-state index is 0.118. The number of hydrogen-bond acceptors (Lipinski definition) is 6. The highest BCUT2D eigenvalue weighted by molar-refractivity contribution is 6.44. The van der Waals surface area contributed by atoms with Gasteiger partial charge in [-0.15, -0.1) is 23.2 Å². The number of nitrogens with zero attached hydrogens (tertiary/aromatic N) is 1. The zero-order valence-corrected chi connectivity index (χ0v) is 24.6. The van der Waals surface area contributed by atoms with Gasteiger partial charge in [-0.25, -0.2) is 4.79 Å². The number of halogens is 2.